The molecule has 2 aliphatic rings. The van der Waals surface area contributed by atoms with Gasteiger partial charge in [0.25, 0.3) is 0 Å². The minimum absolute atomic E-state index is 0.0571. The summed E-state index contributed by atoms with van der Waals surface area (Å²) in [7, 11) is 0. The van der Waals surface area contributed by atoms with Crippen LogP contribution in [-0.4, -0.2) is 46.2 Å². The SMILES string of the molecule is O=C(O)c1nc2c(cc1Cl)N1CC[C@@H](C1)N2C(=O)Nc1ccccn1. The lowest BCUT2D eigenvalue weighted by Crippen LogP contribution is -2.48. The first-order valence-corrected chi connectivity index (χ1v) is 8.12. The van der Waals surface area contributed by atoms with Crippen molar-refractivity contribution in [3.05, 3.63) is 41.2 Å². The molecule has 1 fully saturated rings. The number of fused-ring (bicyclic) bond motifs is 4. The maximum Gasteiger partial charge on any atom is 0.356 e. The second-order valence-corrected chi connectivity index (χ2v) is 6.28. The molecule has 9 heteroatoms. The monoisotopic (exact) mass is 359 g/mol. The highest BCUT2D eigenvalue weighted by molar-refractivity contribution is 6.33. The highest BCUT2D eigenvalue weighted by Gasteiger charge is 2.41. The number of carboxylic acids is 1. The van der Waals surface area contributed by atoms with Crippen LogP contribution >= 0.6 is 11.6 Å². The normalized spacial score (nSPS) is 18.0. The number of amides is 2. The average molecular weight is 360 g/mol. The summed E-state index contributed by atoms with van der Waals surface area (Å²) in [6.07, 6.45) is 2.35. The fraction of sp³-hybridized carbons (Fsp3) is 0.250. The van der Waals surface area contributed by atoms with Gasteiger partial charge in [-0.25, -0.2) is 19.6 Å². The van der Waals surface area contributed by atoms with E-state index in [0.29, 0.717) is 23.9 Å². The number of aromatic nitrogens is 2. The summed E-state index contributed by atoms with van der Waals surface area (Å²) in [5, 5.41) is 12.1. The van der Waals surface area contributed by atoms with E-state index in [-0.39, 0.29) is 16.8 Å². The molecule has 1 saturated heterocycles. The third kappa shape index (κ3) is 2.64. The van der Waals surface area contributed by atoms with Gasteiger partial charge in [0.2, 0.25) is 0 Å². The average Bonchev–Trinajstić information content (AvgIpc) is 3.01. The number of anilines is 3. The van der Waals surface area contributed by atoms with Gasteiger partial charge in [0.15, 0.2) is 11.5 Å². The van der Waals surface area contributed by atoms with Crippen molar-refractivity contribution >= 4 is 40.9 Å². The molecule has 2 aromatic rings. The number of hydrogen-bond donors (Lipinski definition) is 2. The first kappa shape index (κ1) is 15.6. The zero-order valence-electron chi connectivity index (χ0n) is 13.0. The molecule has 4 heterocycles. The van der Waals surface area contributed by atoms with Gasteiger partial charge in [0, 0.05) is 19.3 Å². The summed E-state index contributed by atoms with van der Waals surface area (Å²) in [4.78, 5) is 36.0. The lowest BCUT2D eigenvalue weighted by Gasteiger charge is -2.35. The number of rotatable bonds is 2. The summed E-state index contributed by atoms with van der Waals surface area (Å²) in [5.41, 5.74) is 0.401. The molecule has 2 bridgehead atoms. The molecule has 0 radical (unpaired) electrons. The van der Waals surface area contributed by atoms with Crippen molar-refractivity contribution in [2.24, 2.45) is 0 Å². The van der Waals surface area contributed by atoms with E-state index in [9.17, 15) is 14.7 Å². The van der Waals surface area contributed by atoms with Crippen LogP contribution in [0, 0.1) is 0 Å². The van der Waals surface area contributed by atoms with E-state index in [1.165, 1.54) is 4.90 Å². The lowest BCUT2D eigenvalue weighted by atomic mass is 10.1. The Balaban J connectivity index is 1.75. The number of carbonyl (C=O) groups excluding carboxylic acids is 1. The molecule has 4 rings (SSSR count). The Kier molecular flexibility index (Phi) is 3.69. The Bertz CT molecular complexity index is 860. The number of halogens is 1. The molecule has 0 unspecified atom stereocenters. The fourth-order valence-corrected chi connectivity index (χ4v) is 3.47. The number of carbonyl (C=O) groups is 2. The van der Waals surface area contributed by atoms with Crippen LogP contribution < -0.4 is 15.1 Å². The summed E-state index contributed by atoms with van der Waals surface area (Å²) in [6.45, 7) is 1.42. The van der Waals surface area contributed by atoms with Gasteiger partial charge in [-0.15, -0.1) is 0 Å². The molecule has 2 aliphatic heterocycles. The van der Waals surface area contributed by atoms with Crippen LogP contribution in [0.25, 0.3) is 0 Å². The third-order valence-corrected chi connectivity index (χ3v) is 4.64. The van der Waals surface area contributed by atoms with Gasteiger partial charge in [0.05, 0.1) is 16.8 Å². The number of pyridine rings is 2. The number of aromatic carboxylic acids is 1. The minimum Gasteiger partial charge on any atom is -0.476 e. The molecule has 128 valence electrons. The third-order valence-electron chi connectivity index (χ3n) is 4.36. The van der Waals surface area contributed by atoms with Gasteiger partial charge in [-0.05, 0) is 24.6 Å². The van der Waals surface area contributed by atoms with Crippen LogP contribution in [0.4, 0.5) is 22.1 Å². The van der Waals surface area contributed by atoms with E-state index in [4.69, 9.17) is 11.6 Å². The zero-order chi connectivity index (χ0) is 17.6. The van der Waals surface area contributed by atoms with Crippen molar-refractivity contribution < 1.29 is 14.7 Å². The fourth-order valence-electron chi connectivity index (χ4n) is 3.24. The molecule has 2 aromatic heterocycles. The predicted octanol–water partition coefficient (Wildman–Crippen LogP) is 2.46. The number of hydrogen-bond acceptors (Lipinski definition) is 5. The Morgan fingerprint density at radius 2 is 2.20 bits per heavy atom. The van der Waals surface area contributed by atoms with Crippen molar-refractivity contribution in [3.63, 3.8) is 0 Å². The summed E-state index contributed by atoms with van der Waals surface area (Å²) in [5.74, 6) is -0.503. The number of urea groups is 1. The standard InChI is InChI=1S/C16H14ClN5O3/c17-10-7-11-14(20-13(10)15(23)24)22(9-4-6-21(11)8-9)16(25)19-12-3-1-2-5-18-12/h1-3,5,7,9H,4,6,8H2,(H,23,24)(H,18,19,25)/t9-/m0/s1. The second kappa shape index (κ2) is 5.89. The molecule has 0 aliphatic carbocycles. The quantitative estimate of drug-likeness (QED) is 0.854. The molecule has 8 nitrogen and oxygen atoms in total. The summed E-state index contributed by atoms with van der Waals surface area (Å²) in [6, 6.07) is 6.30. The first-order valence-electron chi connectivity index (χ1n) is 7.74. The molecular weight excluding hydrogens is 346 g/mol. The van der Waals surface area contributed by atoms with Gasteiger partial charge >= 0.3 is 12.0 Å². The number of carboxylic acid groups (broad SMARTS) is 1. The molecular formula is C16H14ClN5O3. The Hall–Kier alpha value is -2.87. The van der Waals surface area contributed by atoms with Crippen molar-refractivity contribution in [2.45, 2.75) is 12.5 Å². The van der Waals surface area contributed by atoms with Gasteiger partial charge in [-0.3, -0.25) is 10.2 Å². The highest BCUT2D eigenvalue weighted by atomic mass is 35.5. The summed E-state index contributed by atoms with van der Waals surface area (Å²) < 4.78 is 0. The van der Waals surface area contributed by atoms with Crippen LogP contribution in [0.1, 0.15) is 16.9 Å². The molecule has 0 aromatic carbocycles. The van der Waals surface area contributed by atoms with Crippen LogP contribution in [-0.2, 0) is 0 Å². The molecule has 0 saturated carbocycles. The Morgan fingerprint density at radius 1 is 1.36 bits per heavy atom. The summed E-state index contributed by atoms with van der Waals surface area (Å²) >= 11 is 6.05. The van der Waals surface area contributed by atoms with Crippen molar-refractivity contribution in [1.29, 1.82) is 0 Å². The Morgan fingerprint density at radius 3 is 2.92 bits per heavy atom. The molecule has 2 N–H and O–H groups in total. The van der Waals surface area contributed by atoms with Crippen LogP contribution in [0.15, 0.2) is 30.5 Å². The number of nitrogens with zero attached hydrogens (tertiary/aromatic N) is 4. The van der Waals surface area contributed by atoms with Gasteiger partial charge in [-0.2, -0.15) is 0 Å². The van der Waals surface area contributed by atoms with Crippen molar-refractivity contribution in [2.75, 3.05) is 28.2 Å². The first-order chi connectivity index (χ1) is 12.0. The van der Waals surface area contributed by atoms with Gasteiger partial charge in [-0.1, -0.05) is 17.7 Å². The molecule has 2 amide bonds. The van der Waals surface area contributed by atoms with Crippen molar-refractivity contribution in [3.8, 4) is 0 Å². The van der Waals surface area contributed by atoms with Gasteiger partial charge < -0.3 is 10.0 Å². The maximum atomic E-state index is 12.8. The van der Waals surface area contributed by atoms with Gasteiger partial charge in [0.1, 0.15) is 5.82 Å². The molecule has 0 spiro atoms. The van der Waals surface area contributed by atoms with Crippen LogP contribution in [0.3, 0.4) is 0 Å². The van der Waals surface area contributed by atoms with E-state index in [1.54, 1.807) is 30.5 Å². The maximum absolute atomic E-state index is 12.8. The smallest absolute Gasteiger partial charge is 0.356 e. The molecule has 25 heavy (non-hydrogen) atoms. The van der Waals surface area contributed by atoms with E-state index >= 15 is 0 Å². The van der Waals surface area contributed by atoms with Crippen LogP contribution in [0.2, 0.25) is 5.02 Å². The van der Waals surface area contributed by atoms with E-state index in [2.05, 4.69) is 20.2 Å². The van der Waals surface area contributed by atoms with E-state index in [0.717, 1.165) is 13.0 Å². The molecule has 1 atom stereocenters. The largest absolute Gasteiger partial charge is 0.476 e. The predicted molar refractivity (Wildman–Crippen MR) is 92.6 cm³/mol. The van der Waals surface area contributed by atoms with E-state index in [1.807, 2.05) is 0 Å². The van der Waals surface area contributed by atoms with Crippen molar-refractivity contribution in [1.82, 2.24) is 9.97 Å². The van der Waals surface area contributed by atoms with E-state index < -0.39 is 12.0 Å². The second-order valence-electron chi connectivity index (χ2n) is 5.87. The Labute approximate surface area is 148 Å². The minimum atomic E-state index is -1.23. The number of nitrogens with one attached hydrogen (secondary N) is 1. The highest BCUT2D eigenvalue weighted by Crippen LogP contribution is 2.41. The zero-order valence-corrected chi connectivity index (χ0v) is 13.8. The topological polar surface area (TPSA) is 98.7 Å². The lowest BCUT2D eigenvalue weighted by molar-refractivity contribution is 0.0690. The van der Waals surface area contributed by atoms with Crippen LogP contribution in [0.5, 0.6) is 0 Å².